The lowest BCUT2D eigenvalue weighted by molar-refractivity contribution is 0.0543. The van der Waals surface area contributed by atoms with Gasteiger partial charge in [-0.15, -0.1) is 0 Å². The third kappa shape index (κ3) is 4.23. The predicted molar refractivity (Wildman–Crippen MR) is 100 cm³/mol. The number of carbonyl (C=O) groups excluding carboxylic acids is 1. The highest BCUT2D eigenvalue weighted by molar-refractivity contribution is 7.89. The van der Waals surface area contributed by atoms with Gasteiger partial charge in [0.2, 0.25) is 10.0 Å². The SMILES string of the molecule is CCN(CC)S(=O)(=O)c1ccc(C(=O)N2CCCCC2C(C)C)cc1. The molecule has 1 saturated heterocycles. The standard InChI is InChI=1S/C19H30N2O3S/c1-5-20(6-2)25(23,24)17-12-10-16(11-13-17)19(22)21-14-8-7-9-18(21)15(3)4/h10-13,15,18H,5-9,14H2,1-4H3. The molecule has 1 aliphatic rings. The number of hydrogen-bond donors (Lipinski definition) is 0. The van der Waals surface area contributed by atoms with E-state index in [4.69, 9.17) is 0 Å². The Bertz CT molecular complexity index is 679. The Morgan fingerprint density at radius 1 is 1.16 bits per heavy atom. The average Bonchev–Trinajstić information content (AvgIpc) is 2.62. The summed E-state index contributed by atoms with van der Waals surface area (Å²) in [5.74, 6) is 0.428. The van der Waals surface area contributed by atoms with Crippen molar-refractivity contribution in [3.8, 4) is 0 Å². The minimum atomic E-state index is -3.48. The predicted octanol–water partition coefficient (Wildman–Crippen LogP) is 3.37. The summed E-state index contributed by atoms with van der Waals surface area (Å²) >= 11 is 0. The zero-order chi connectivity index (χ0) is 18.6. The first-order valence-corrected chi connectivity index (χ1v) is 10.7. The van der Waals surface area contributed by atoms with Crippen molar-refractivity contribution >= 4 is 15.9 Å². The highest BCUT2D eigenvalue weighted by atomic mass is 32.2. The second kappa shape index (κ2) is 8.32. The molecule has 0 aromatic heterocycles. The van der Waals surface area contributed by atoms with Gasteiger partial charge in [-0.2, -0.15) is 4.31 Å². The van der Waals surface area contributed by atoms with E-state index in [1.54, 1.807) is 24.3 Å². The summed E-state index contributed by atoms with van der Waals surface area (Å²) in [6.07, 6.45) is 3.23. The molecule has 5 nitrogen and oxygen atoms in total. The van der Waals surface area contributed by atoms with Crippen molar-refractivity contribution in [2.75, 3.05) is 19.6 Å². The number of hydrogen-bond acceptors (Lipinski definition) is 3. The fourth-order valence-corrected chi connectivity index (χ4v) is 5.01. The van der Waals surface area contributed by atoms with Crippen molar-refractivity contribution in [2.45, 2.75) is 57.9 Å². The molecule has 1 atom stereocenters. The Labute approximate surface area is 152 Å². The Morgan fingerprint density at radius 3 is 2.28 bits per heavy atom. The van der Waals surface area contributed by atoms with Crippen molar-refractivity contribution in [1.29, 1.82) is 0 Å². The lowest BCUT2D eigenvalue weighted by Crippen LogP contribution is -2.46. The molecule has 140 valence electrons. The largest absolute Gasteiger partial charge is 0.335 e. The van der Waals surface area contributed by atoms with Crippen molar-refractivity contribution < 1.29 is 13.2 Å². The number of rotatable bonds is 6. The van der Waals surface area contributed by atoms with E-state index < -0.39 is 10.0 Å². The fraction of sp³-hybridized carbons (Fsp3) is 0.632. The molecule has 1 unspecified atom stereocenters. The van der Waals surface area contributed by atoms with Crippen LogP contribution in [0.3, 0.4) is 0 Å². The normalized spacial score (nSPS) is 18.8. The number of nitrogens with zero attached hydrogens (tertiary/aromatic N) is 2. The summed E-state index contributed by atoms with van der Waals surface area (Å²) in [7, 11) is -3.48. The van der Waals surface area contributed by atoms with Gasteiger partial charge in [0.1, 0.15) is 0 Å². The van der Waals surface area contributed by atoms with Gasteiger partial charge >= 0.3 is 0 Å². The number of piperidine rings is 1. The second-order valence-corrected chi connectivity index (χ2v) is 8.86. The van der Waals surface area contributed by atoms with Crippen LogP contribution < -0.4 is 0 Å². The monoisotopic (exact) mass is 366 g/mol. The van der Waals surface area contributed by atoms with E-state index in [0.717, 1.165) is 25.8 Å². The van der Waals surface area contributed by atoms with Crippen molar-refractivity contribution in [2.24, 2.45) is 5.92 Å². The molecule has 2 rings (SSSR count). The van der Waals surface area contributed by atoms with Gasteiger partial charge in [0.05, 0.1) is 4.90 Å². The minimum absolute atomic E-state index is 0.00480. The lowest BCUT2D eigenvalue weighted by Gasteiger charge is -2.38. The van der Waals surface area contributed by atoms with Gasteiger partial charge in [-0.05, 0) is 49.4 Å². The maximum atomic E-state index is 12.9. The molecule has 0 N–H and O–H groups in total. The molecule has 1 fully saturated rings. The first-order valence-electron chi connectivity index (χ1n) is 9.24. The molecule has 0 saturated carbocycles. The summed E-state index contributed by atoms with van der Waals surface area (Å²) in [6, 6.07) is 6.65. The number of amides is 1. The van der Waals surface area contributed by atoms with Gasteiger partial charge in [0, 0.05) is 31.2 Å². The third-order valence-corrected chi connectivity index (χ3v) is 7.09. The summed E-state index contributed by atoms with van der Waals surface area (Å²) in [5.41, 5.74) is 0.561. The molecule has 25 heavy (non-hydrogen) atoms. The molecule has 6 heteroatoms. The highest BCUT2D eigenvalue weighted by Gasteiger charge is 2.30. The Balaban J connectivity index is 2.23. The molecule has 1 aliphatic heterocycles. The van der Waals surface area contributed by atoms with Crippen LogP contribution in [0.5, 0.6) is 0 Å². The molecule has 0 spiro atoms. The van der Waals surface area contributed by atoms with Gasteiger partial charge < -0.3 is 4.90 Å². The molecule has 0 aliphatic carbocycles. The van der Waals surface area contributed by atoms with E-state index in [0.29, 0.717) is 24.6 Å². The van der Waals surface area contributed by atoms with Crippen molar-refractivity contribution in [3.05, 3.63) is 29.8 Å². The van der Waals surface area contributed by atoms with Crippen LogP contribution in [0.25, 0.3) is 0 Å². The van der Waals surface area contributed by atoms with Gasteiger partial charge in [-0.1, -0.05) is 27.7 Å². The number of sulfonamides is 1. The number of benzene rings is 1. The van der Waals surface area contributed by atoms with Gasteiger partial charge in [0.25, 0.3) is 5.91 Å². The average molecular weight is 367 g/mol. The highest BCUT2D eigenvalue weighted by Crippen LogP contribution is 2.25. The summed E-state index contributed by atoms with van der Waals surface area (Å²) in [5, 5.41) is 0. The molecule has 0 radical (unpaired) electrons. The molecule has 1 amide bonds. The van der Waals surface area contributed by atoms with Crippen LogP contribution in [0, 0.1) is 5.92 Å². The Kier molecular flexibility index (Phi) is 6.63. The summed E-state index contributed by atoms with van der Waals surface area (Å²) in [6.45, 7) is 9.59. The number of carbonyl (C=O) groups is 1. The van der Waals surface area contributed by atoms with Crippen molar-refractivity contribution in [1.82, 2.24) is 9.21 Å². The van der Waals surface area contributed by atoms with Crippen LogP contribution in [0.1, 0.15) is 57.3 Å². The fourth-order valence-electron chi connectivity index (χ4n) is 3.55. The van der Waals surface area contributed by atoms with Crippen LogP contribution in [0.2, 0.25) is 0 Å². The summed E-state index contributed by atoms with van der Waals surface area (Å²) < 4.78 is 26.5. The third-order valence-electron chi connectivity index (χ3n) is 5.02. The summed E-state index contributed by atoms with van der Waals surface area (Å²) in [4.78, 5) is 15.1. The van der Waals surface area contributed by atoms with E-state index >= 15 is 0 Å². The first-order chi connectivity index (χ1) is 11.8. The molecule has 1 heterocycles. The molecular weight excluding hydrogens is 336 g/mol. The van der Waals surface area contributed by atoms with E-state index in [-0.39, 0.29) is 16.8 Å². The zero-order valence-corrected chi connectivity index (χ0v) is 16.6. The van der Waals surface area contributed by atoms with E-state index in [1.807, 2.05) is 18.7 Å². The van der Waals surface area contributed by atoms with Crippen LogP contribution in [0.4, 0.5) is 0 Å². The van der Waals surface area contributed by atoms with Gasteiger partial charge in [-0.3, -0.25) is 4.79 Å². The number of likely N-dealkylation sites (tertiary alicyclic amines) is 1. The molecular formula is C19H30N2O3S. The van der Waals surface area contributed by atoms with Crippen LogP contribution >= 0.6 is 0 Å². The van der Waals surface area contributed by atoms with Crippen LogP contribution in [0.15, 0.2) is 29.2 Å². The van der Waals surface area contributed by atoms with Crippen LogP contribution in [-0.2, 0) is 10.0 Å². The molecule has 0 bridgehead atoms. The smallest absolute Gasteiger partial charge is 0.254 e. The molecule has 1 aromatic carbocycles. The van der Waals surface area contributed by atoms with E-state index in [2.05, 4.69) is 13.8 Å². The van der Waals surface area contributed by atoms with Gasteiger partial charge in [0.15, 0.2) is 0 Å². The van der Waals surface area contributed by atoms with Crippen LogP contribution in [-0.4, -0.2) is 49.2 Å². The van der Waals surface area contributed by atoms with E-state index in [1.165, 1.54) is 4.31 Å². The zero-order valence-electron chi connectivity index (χ0n) is 15.7. The van der Waals surface area contributed by atoms with Crippen molar-refractivity contribution in [3.63, 3.8) is 0 Å². The van der Waals surface area contributed by atoms with E-state index in [9.17, 15) is 13.2 Å². The molecule has 1 aromatic rings. The first kappa shape index (κ1) is 19.9. The Morgan fingerprint density at radius 2 is 1.76 bits per heavy atom. The van der Waals surface area contributed by atoms with Gasteiger partial charge in [-0.25, -0.2) is 8.42 Å². The second-order valence-electron chi connectivity index (χ2n) is 6.92. The maximum absolute atomic E-state index is 12.9. The minimum Gasteiger partial charge on any atom is -0.335 e. The maximum Gasteiger partial charge on any atom is 0.254 e. The topological polar surface area (TPSA) is 57.7 Å². The lowest BCUT2D eigenvalue weighted by atomic mass is 9.92. The Hall–Kier alpha value is -1.40. The quantitative estimate of drug-likeness (QED) is 0.776.